The summed E-state index contributed by atoms with van der Waals surface area (Å²) >= 11 is 0. The first-order valence-electron chi connectivity index (χ1n) is 5.04. The molecule has 0 aromatic heterocycles. The topological polar surface area (TPSA) is 75.4 Å². The first kappa shape index (κ1) is 8.73. The molecular weight excluding hydrogens is 192 g/mol. The van der Waals surface area contributed by atoms with E-state index in [1.165, 1.54) is 0 Å². The Labute approximate surface area is 87.1 Å². The quantitative estimate of drug-likeness (QED) is 0.585. The highest BCUT2D eigenvalue weighted by atomic mass is 16.3. The van der Waals surface area contributed by atoms with Crippen molar-refractivity contribution < 1.29 is 9.90 Å². The number of aromatic hydroxyl groups is 1. The number of hydrogen-bond donors (Lipinski definition) is 3. The van der Waals surface area contributed by atoms with Crippen molar-refractivity contribution in [3.05, 3.63) is 23.8 Å². The van der Waals surface area contributed by atoms with E-state index in [4.69, 9.17) is 5.73 Å². The number of fused-ring (bicyclic) bond motifs is 2. The number of nitrogens with one attached hydrogen (secondary N) is 1. The average molecular weight is 204 g/mol. The number of nitrogens with two attached hydrogens (primary N) is 1. The lowest BCUT2D eigenvalue weighted by atomic mass is 9.94. The Bertz CT molecular complexity index is 458. The van der Waals surface area contributed by atoms with Gasteiger partial charge in [0.05, 0.1) is 11.1 Å². The van der Waals surface area contributed by atoms with E-state index in [0.29, 0.717) is 12.2 Å². The summed E-state index contributed by atoms with van der Waals surface area (Å²) < 4.78 is 0. The van der Waals surface area contributed by atoms with Crippen molar-refractivity contribution >= 4 is 11.6 Å². The molecule has 2 aliphatic rings. The molecule has 1 aliphatic heterocycles. The molecule has 0 radical (unpaired) electrons. The molecule has 2 atom stereocenters. The van der Waals surface area contributed by atoms with E-state index in [-0.39, 0.29) is 17.6 Å². The van der Waals surface area contributed by atoms with Crippen LogP contribution in [0.3, 0.4) is 0 Å². The number of phenolic OH excluding ortho intramolecular Hbond substituents is 1. The lowest BCUT2D eigenvalue weighted by Crippen LogP contribution is -2.23. The zero-order valence-corrected chi connectivity index (χ0v) is 8.16. The van der Waals surface area contributed by atoms with Crippen LogP contribution in [0.15, 0.2) is 18.2 Å². The van der Waals surface area contributed by atoms with Gasteiger partial charge in [0, 0.05) is 0 Å². The maximum absolute atomic E-state index is 11.9. The fourth-order valence-corrected chi connectivity index (χ4v) is 2.61. The molecule has 1 heterocycles. The zero-order chi connectivity index (χ0) is 10.6. The molecule has 1 saturated carbocycles. The number of amides is 1. The van der Waals surface area contributed by atoms with E-state index in [0.717, 1.165) is 12.0 Å². The van der Waals surface area contributed by atoms with Crippen molar-refractivity contribution in [3.8, 4) is 5.75 Å². The third-order valence-electron chi connectivity index (χ3n) is 3.56. The van der Waals surface area contributed by atoms with Gasteiger partial charge in [0.2, 0.25) is 5.91 Å². The number of anilines is 1. The van der Waals surface area contributed by atoms with Crippen LogP contribution in [0.4, 0.5) is 5.69 Å². The molecule has 0 saturated heterocycles. The minimum absolute atomic E-state index is 0.0190. The van der Waals surface area contributed by atoms with Crippen molar-refractivity contribution in [1.29, 1.82) is 0 Å². The SMILES string of the molecule is NCC1CC12C(=O)Nc1c(O)cccc12. The van der Waals surface area contributed by atoms with Crippen LogP contribution in [0.5, 0.6) is 5.75 Å². The molecule has 15 heavy (non-hydrogen) atoms. The molecular formula is C11H12N2O2. The third kappa shape index (κ3) is 0.874. The van der Waals surface area contributed by atoms with Gasteiger partial charge in [0.15, 0.2) is 0 Å². The summed E-state index contributed by atoms with van der Waals surface area (Å²) in [4.78, 5) is 11.9. The summed E-state index contributed by atoms with van der Waals surface area (Å²) in [5, 5.41) is 12.4. The summed E-state index contributed by atoms with van der Waals surface area (Å²) in [6.07, 6.45) is 0.797. The summed E-state index contributed by atoms with van der Waals surface area (Å²) in [5.41, 5.74) is 6.64. The molecule has 1 aromatic rings. The summed E-state index contributed by atoms with van der Waals surface area (Å²) in [6, 6.07) is 5.24. The van der Waals surface area contributed by atoms with Crippen LogP contribution in [0.1, 0.15) is 12.0 Å². The van der Waals surface area contributed by atoms with E-state index in [1.807, 2.05) is 6.07 Å². The van der Waals surface area contributed by atoms with E-state index in [1.54, 1.807) is 12.1 Å². The average Bonchev–Trinajstić information content (AvgIpc) is 2.89. The molecule has 4 heteroatoms. The summed E-state index contributed by atoms with van der Waals surface area (Å²) in [7, 11) is 0. The number of benzene rings is 1. The Balaban J connectivity index is 2.16. The molecule has 1 spiro atoms. The van der Waals surface area contributed by atoms with Crippen molar-refractivity contribution in [2.45, 2.75) is 11.8 Å². The highest BCUT2D eigenvalue weighted by Crippen LogP contribution is 2.60. The molecule has 1 fully saturated rings. The van der Waals surface area contributed by atoms with Crippen molar-refractivity contribution in [3.63, 3.8) is 0 Å². The highest BCUT2D eigenvalue weighted by molar-refractivity contribution is 6.10. The lowest BCUT2D eigenvalue weighted by molar-refractivity contribution is -0.118. The van der Waals surface area contributed by atoms with Gasteiger partial charge in [-0.05, 0) is 30.5 Å². The van der Waals surface area contributed by atoms with Crippen LogP contribution in [0, 0.1) is 5.92 Å². The second kappa shape index (κ2) is 2.52. The number of hydrogen-bond acceptors (Lipinski definition) is 3. The van der Waals surface area contributed by atoms with Crippen molar-refractivity contribution in [2.75, 3.05) is 11.9 Å². The van der Waals surface area contributed by atoms with Gasteiger partial charge in [0.25, 0.3) is 0 Å². The summed E-state index contributed by atoms with van der Waals surface area (Å²) in [5.74, 6) is 0.343. The van der Waals surface area contributed by atoms with Gasteiger partial charge in [0.1, 0.15) is 5.75 Å². The van der Waals surface area contributed by atoms with Crippen LogP contribution in [0.2, 0.25) is 0 Å². The predicted octanol–water partition coefficient (Wildman–Crippen LogP) is 0.561. The third-order valence-corrected chi connectivity index (χ3v) is 3.56. The fourth-order valence-electron chi connectivity index (χ4n) is 2.61. The number of carbonyl (C=O) groups is 1. The molecule has 4 nitrogen and oxygen atoms in total. The van der Waals surface area contributed by atoms with Gasteiger partial charge >= 0.3 is 0 Å². The van der Waals surface area contributed by atoms with Crippen molar-refractivity contribution in [2.24, 2.45) is 11.7 Å². The monoisotopic (exact) mass is 204 g/mol. The van der Waals surface area contributed by atoms with Gasteiger partial charge < -0.3 is 16.2 Å². The molecule has 3 rings (SSSR count). The maximum Gasteiger partial charge on any atom is 0.235 e. The normalized spacial score (nSPS) is 31.5. The maximum atomic E-state index is 11.9. The van der Waals surface area contributed by atoms with Gasteiger partial charge in [-0.1, -0.05) is 12.1 Å². The Kier molecular flexibility index (Phi) is 1.47. The molecule has 2 unspecified atom stereocenters. The number of phenols is 1. The highest BCUT2D eigenvalue weighted by Gasteiger charge is 2.64. The second-order valence-electron chi connectivity index (χ2n) is 4.26. The van der Waals surface area contributed by atoms with Crippen molar-refractivity contribution in [1.82, 2.24) is 0 Å². The Morgan fingerprint density at radius 3 is 3.07 bits per heavy atom. The van der Waals surface area contributed by atoms with Crippen LogP contribution in [-0.2, 0) is 10.2 Å². The molecule has 1 aromatic carbocycles. The Hall–Kier alpha value is -1.55. The van der Waals surface area contributed by atoms with E-state index in [2.05, 4.69) is 5.32 Å². The standard InChI is InChI=1S/C11H12N2O2/c12-5-6-4-11(6)7-2-1-3-8(14)9(7)13-10(11)15/h1-3,6,14H,4-5,12H2,(H,13,15). The van der Waals surface area contributed by atoms with Gasteiger partial charge in [-0.3, -0.25) is 4.79 Å². The fraction of sp³-hybridized carbons (Fsp3) is 0.364. The van der Waals surface area contributed by atoms with E-state index >= 15 is 0 Å². The first-order valence-corrected chi connectivity index (χ1v) is 5.04. The minimum atomic E-state index is -0.442. The van der Waals surface area contributed by atoms with Crippen LogP contribution >= 0.6 is 0 Å². The summed E-state index contributed by atoms with van der Waals surface area (Å²) in [6.45, 7) is 0.516. The lowest BCUT2D eigenvalue weighted by Gasteiger charge is -2.06. The van der Waals surface area contributed by atoms with Gasteiger partial charge in [-0.15, -0.1) is 0 Å². The molecule has 0 bridgehead atoms. The van der Waals surface area contributed by atoms with Crippen LogP contribution in [-0.4, -0.2) is 17.6 Å². The van der Waals surface area contributed by atoms with Gasteiger partial charge in [-0.25, -0.2) is 0 Å². The Morgan fingerprint density at radius 1 is 1.60 bits per heavy atom. The smallest absolute Gasteiger partial charge is 0.235 e. The number of para-hydroxylation sites is 1. The van der Waals surface area contributed by atoms with E-state index < -0.39 is 5.41 Å². The van der Waals surface area contributed by atoms with E-state index in [9.17, 15) is 9.90 Å². The van der Waals surface area contributed by atoms with Crippen LogP contribution in [0.25, 0.3) is 0 Å². The molecule has 78 valence electrons. The number of rotatable bonds is 1. The number of carbonyl (C=O) groups excluding carboxylic acids is 1. The van der Waals surface area contributed by atoms with Gasteiger partial charge in [-0.2, -0.15) is 0 Å². The zero-order valence-electron chi connectivity index (χ0n) is 8.16. The first-order chi connectivity index (χ1) is 7.20. The second-order valence-corrected chi connectivity index (χ2v) is 4.26. The molecule has 1 aliphatic carbocycles. The largest absolute Gasteiger partial charge is 0.506 e. The van der Waals surface area contributed by atoms with Crippen LogP contribution < -0.4 is 11.1 Å². The minimum Gasteiger partial charge on any atom is -0.506 e. The molecule has 1 amide bonds. The molecule has 4 N–H and O–H groups in total. The predicted molar refractivity (Wildman–Crippen MR) is 55.6 cm³/mol. The Morgan fingerprint density at radius 2 is 2.40 bits per heavy atom.